The van der Waals surface area contributed by atoms with Gasteiger partial charge in [-0.25, -0.2) is 4.90 Å². The number of anilines is 1. The van der Waals surface area contributed by atoms with Gasteiger partial charge in [-0.2, -0.15) is 0 Å². The molecule has 2 saturated carbocycles. The Morgan fingerprint density at radius 2 is 1.57 bits per heavy atom. The number of hydrogen-bond donors (Lipinski definition) is 0. The van der Waals surface area contributed by atoms with Crippen molar-refractivity contribution < 1.29 is 19.1 Å². The van der Waals surface area contributed by atoms with Gasteiger partial charge in [-0.05, 0) is 42.2 Å². The number of benzene rings is 2. The summed E-state index contributed by atoms with van der Waals surface area (Å²) >= 11 is 0. The number of ether oxygens (including phenoxy) is 1. The fourth-order valence-corrected chi connectivity index (χ4v) is 5.78. The number of carbonyl (C=O) groups is 3. The minimum atomic E-state index is -0.222. The maximum atomic E-state index is 13.2. The van der Waals surface area contributed by atoms with Crippen LogP contribution in [-0.4, -0.2) is 24.2 Å². The molecule has 7 rings (SSSR count). The summed E-state index contributed by atoms with van der Waals surface area (Å²) in [6.07, 6.45) is 5.49. The Morgan fingerprint density at radius 1 is 0.900 bits per heavy atom. The highest BCUT2D eigenvalue weighted by molar-refractivity contribution is 6.22. The number of hydrogen-bond acceptors (Lipinski definition) is 4. The van der Waals surface area contributed by atoms with Crippen LogP contribution in [0.15, 0.2) is 66.7 Å². The molecular formula is C25H21NO4. The molecule has 1 aliphatic heterocycles. The van der Waals surface area contributed by atoms with E-state index in [1.807, 2.05) is 18.2 Å². The molecule has 6 atom stereocenters. The summed E-state index contributed by atoms with van der Waals surface area (Å²) in [5, 5.41) is 0. The third-order valence-corrected chi connectivity index (χ3v) is 7.20. The quantitative estimate of drug-likeness (QED) is 0.439. The molecule has 0 spiro atoms. The van der Waals surface area contributed by atoms with E-state index < -0.39 is 0 Å². The van der Waals surface area contributed by atoms with E-state index >= 15 is 0 Å². The van der Waals surface area contributed by atoms with Crippen molar-refractivity contribution in [2.45, 2.75) is 6.42 Å². The van der Waals surface area contributed by atoms with Gasteiger partial charge in [-0.15, -0.1) is 0 Å². The smallest absolute Gasteiger partial charge is 0.238 e. The number of nitrogens with zero attached hydrogens (tertiary/aromatic N) is 1. The second-order valence-corrected chi connectivity index (χ2v) is 8.74. The zero-order valence-corrected chi connectivity index (χ0v) is 16.3. The Kier molecular flexibility index (Phi) is 3.76. The van der Waals surface area contributed by atoms with E-state index in [0.29, 0.717) is 28.8 Å². The minimum Gasteiger partial charge on any atom is -0.485 e. The molecule has 5 aliphatic rings. The zero-order valence-electron chi connectivity index (χ0n) is 16.3. The second-order valence-electron chi connectivity index (χ2n) is 8.74. The lowest BCUT2D eigenvalue weighted by Gasteiger charge is -2.37. The number of rotatable bonds is 5. The number of allylic oxidation sites excluding steroid dienone is 2. The van der Waals surface area contributed by atoms with Crippen LogP contribution in [0.1, 0.15) is 16.8 Å². The lowest BCUT2D eigenvalue weighted by Crippen LogP contribution is -2.40. The van der Waals surface area contributed by atoms with Crippen LogP contribution in [-0.2, 0) is 9.59 Å². The number of imide groups is 1. The van der Waals surface area contributed by atoms with Gasteiger partial charge in [0.15, 0.2) is 12.4 Å². The van der Waals surface area contributed by atoms with Crippen molar-refractivity contribution in [2.24, 2.45) is 35.5 Å². The Morgan fingerprint density at radius 3 is 2.23 bits per heavy atom. The maximum Gasteiger partial charge on any atom is 0.238 e. The molecule has 2 aromatic rings. The van der Waals surface area contributed by atoms with Crippen LogP contribution in [0, 0.1) is 35.5 Å². The van der Waals surface area contributed by atoms with E-state index in [1.54, 1.807) is 36.4 Å². The van der Waals surface area contributed by atoms with Crippen molar-refractivity contribution in [2.75, 3.05) is 11.5 Å². The molecule has 5 nitrogen and oxygen atoms in total. The van der Waals surface area contributed by atoms with Crippen LogP contribution in [0.3, 0.4) is 0 Å². The maximum absolute atomic E-state index is 13.2. The predicted molar refractivity (Wildman–Crippen MR) is 110 cm³/mol. The molecule has 4 aliphatic carbocycles. The first-order valence-electron chi connectivity index (χ1n) is 10.5. The topological polar surface area (TPSA) is 63.7 Å². The summed E-state index contributed by atoms with van der Waals surface area (Å²) < 4.78 is 5.68. The van der Waals surface area contributed by atoms with Gasteiger partial charge in [0.05, 0.1) is 17.5 Å². The first kappa shape index (κ1) is 17.6. The molecular weight excluding hydrogens is 378 g/mol. The summed E-state index contributed by atoms with van der Waals surface area (Å²) in [6, 6.07) is 15.9. The third kappa shape index (κ3) is 2.51. The Hall–Kier alpha value is -3.21. The summed E-state index contributed by atoms with van der Waals surface area (Å²) in [7, 11) is 0. The highest BCUT2D eigenvalue weighted by Crippen LogP contribution is 2.65. The number of carbonyl (C=O) groups excluding carboxylic acids is 3. The molecule has 3 fully saturated rings. The fraction of sp³-hybridized carbons (Fsp3) is 0.320. The summed E-state index contributed by atoms with van der Waals surface area (Å²) in [5.41, 5.74) is 1.11. The Bertz CT molecular complexity index is 1060. The zero-order chi connectivity index (χ0) is 20.4. The number of amides is 2. The van der Waals surface area contributed by atoms with E-state index in [2.05, 4.69) is 12.2 Å². The first-order valence-corrected chi connectivity index (χ1v) is 10.5. The standard InChI is InChI=1S/C25H21NO4/c27-21(14-5-2-1-3-6-14)13-30-16-8-4-7-15(11-16)26-24(28)22-17-9-10-18(20-12-19(17)20)23(22)25(26)29/h1-11,17-20,22-23H,12-13H2/t17-,18-,19-,20+,22-,23+/m0/s1. The molecule has 0 unspecified atom stereocenters. The predicted octanol–water partition coefficient (Wildman–Crippen LogP) is 3.51. The van der Waals surface area contributed by atoms with Gasteiger partial charge in [0.1, 0.15) is 5.75 Å². The highest BCUT2D eigenvalue weighted by atomic mass is 16.5. The molecule has 2 amide bonds. The van der Waals surface area contributed by atoms with Crippen molar-refractivity contribution in [3.05, 3.63) is 72.3 Å². The van der Waals surface area contributed by atoms with Crippen LogP contribution < -0.4 is 9.64 Å². The van der Waals surface area contributed by atoms with Gasteiger partial charge in [-0.3, -0.25) is 14.4 Å². The van der Waals surface area contributed by atoms with Gasteiger partial charge in [0.25, 0.3) is 0 Å². The van der Waals surface area contributed by atoms with Crippen LogP contribution in [0.25, 0.3) is 0 Å². The van der Waals surface area contributed by atoms with E-state index in [4.69, 9.17) is 4.74 Å². The van der Waals surface area contributed by atoms with E-state index in [1.165, 1.54) is 4.90 Å². The van der Waals surface area contributed by atoms with Crippen LogP contribution in [0.4, 0.5) is 5.69 Å². The highest BCUT2D eigenvalue weighted by Gasteiger charge is 2.67. The van der Waals surface area contributed by atoms with Crippen LogP contribution in [0.2, 0.25) is 0 Å². The normalized spacial score (nSPS) is 32.7. The molecule has 0 radical (unpaired) electrons. The SMILES string of the molecule is O=C(COc1cccc(N2C(=O)[C@@H]3[C@H]4C=C[C@@H]([C@@H]5C[C@H]45)[C@@H]3C2=O)c1)c1ccccc1. The molecule has 1 heterocycles. The Balaban J connectivity index is 1.22. The van der Waals surface area contributed by atoms with E-state index in [0.717, 1.165) is 6.42 Å². The number of Topliss-reactive ketones (excluding diaryl/α,β-unsaturated/α-hetero) is 1. The largest absolute Gasteiger partial charge is 0.485 e. The second kappa shape index (κ2) is 6.39. The summed E-state index contributed by atoms with van der Waals surface area (Å²) in [4.78, 5) is 40.1. The molecule has 5 heteroatoms. The monoisotopic (exact) mass is 399 g/mol. The average molecular weight is 399 g/mol. The molecule has 0 aromatic heterocycles. The lowest BCUT2D eigenvalue weighted by atomic mass is 9.63. The van der Waals surface area contributed by atoms with E-state index in [-0.39, 0.29) is 47.9 Å². The summed E-state index contributed by atoms with van der Waals surface area (Å²) in [6.45, 7) is -0.0992. The van der Waals surface area contributed by atoms with Gasteiger partial charge >= 0.3 is 0 Å². The number of ketones is 1. The fourth-order valence-electron chi connectivity index (χ4n) is 5.78. The first-order chi connectivity index (χ1) is 14.6. The molecule has 150 valence electrons. The van der Waals surface area contributed by atoms with Gasteiger partial charge in [0, 0.05) is 11.6 Å². The van der Waals surface area contributed by atoms with Crippen LogP contribution in [0.5, 0.6) is 5.75 Å². The molecule has 0 N–H and O–H groups in total. The van der Waals surface area contributed by atoms with Crippen molar-refractivity contribution in [3.63, 3.8) is 0 Å². The average Bonchev–Trinajstić information content (AvgIpc) is 3.56. The van der Waals surface area contributed by atoms with E-state index in [9.17, 15) is 14.4 Å². The minimum absolute atomic E-state index is 0.0905. The third-order valence-electron chi connectivity index (χ3n) is 7.20. The van der Waals surface area contributed by atoms with Gasteiger partial charge < -0.3 is 4.74 Å². The molecule has 2 aromatic carbocycles. The van der Waals surface area contributed by atoms with Crippen molar-refractivity contribution >= 4 is 23.3 Å². The molecule has 1 saturated heterocycles. The lowest BCUT2D eigenvalue weighted by molar-refractivity contribution is -0.124. The summed E-state index contributed by atoms with van der Waals surface area (Å²) in [5.74, 6) is 1.29. The van der Waals surface area contributed by atoms with Crippen LogP contribution >= 0.6 is 0 Å². The van der Waals surface area contributed by atoms with Crippen molar-refractivity contribution in [3.8, 4) is 5.75 Å². The van der Waals surface area contributed by atoms with Crippen molar-refractivity contribution in [1.82, 2.24) is 0 Å². The van der Waals surface area contributed by atoms with Gasteiger partial charge in [-0.1, -0.05) is 48.6 Å². The molecule has 2 bridgehead atoms. The van der Waals surface area contributed by atoms with Gasteiger partial charge in [0.2, 0.25) is 11.8 Å². The Labute approximate surface area is 174 Å². The molecule has 30 heavy (non-hydrogen) atoms. The van der Waals surface area contributed by atoms with Crippen molar-refractivity contribution in [1.29, 1.82) is 0 Å².